The first kappa shape index (κ1) is 16.3. The van der Waals surface area contributed by atoms with E-state index in [-0.39, 0.29) is 5.91 Å². The van der Waals surface area contributed by atoms with E-state index in [1.807, 2.05) is 38.7 Å². The molecule has 1 amide bonds. The van der Waals surface area contributed by atoms with Crippen LogP contribution in [0.3, 0.4) is 0 Å². The normalized spacial score (nSPS) is 11.7. The first-order valence-corrected chi connectivity index (χ1v) is 9.61. The van der Waals surface area contributed by atoms with Crippen LogP contribution in [0.5, 0.6) is 0 Å². The summed E-state index contributed by atoms with van der Waals surface area (Å²) in [5.74, 6) is 0.0295. The topological polar surface area (TPSA) is 55.4 Å². The highest BCUT2D eigenvalue weighted by Gasteiger charge is 2.20. The van der Waals surface area contributed by atoms with E-state index in [2.05, 4.69) is 27.6 Å². The van der Waals surface area contributed by atoms with Gasteiger partial charge < -0.3 is 4.90 Å². The van der Waals surface area contributed by atoms with Gasteiger partial charge in [0.05, 0.1) is 28.5 Å². The number of nitrogens with zero attached hydrogens (tertiary/aromatic N) is 5. The highest BCUT2D eigenvalue weighted by atomic mass is 32.1. The molecule has 0 atom stereocenters. The van der Waals surface area contributed by atoms with Crippen molar-refractivity contribution in [1.29, 1.82) is 0 Å². The molecule has 4 rings (SSSR count). The predicted molar refractivity (Wildman–Crippen MR) is 102 cm³/mol. The molecule has 0 aliphatic heterocycles. The van der Waals surface area contributed by atoms with Crippen LogP contribution >= 0.6 is 22.7 Å². The zero-order chi connectivity index (χ0) is 17.9. The highest BCUT2D eigenvalue weighted by molar-refractivity contribution is 7.20. The number of aromatic nitrogens is 4. The van der Waals surface area contributed by atoms with Crippen molar-refractivity contribution in [2.24, 2.45) is 7.05 Å². The minimum atomic E-state index is 0.0295. The van der Waals surface area contributed by atoms with Crippen LogP contribution in [0.25, 0.3) is 15.2 Å². The number of hydrogen-bond acceptors (Lipinski definition) is 5. The lowest BCUT2D eigenvalue weighted by Gasteiger charge is -2.16. The Kier molecular flexibility index (Phi) is 3.69. The van der Waals surface area contributed by atoms with Crippen LogP contribution in [0, 0.1) is 20.8 Å². The molecule has 6 nitrogen and oxygen atoms in total. The molecule has 130 valence electrons. The van der Waals surface area contributed by atoms with Crippen molar-refractivity contribution in [3.05, 3.63) is 39.1 Å². The number of imidazole rings is 1. The number of rotatable bonds is 3. The van der Waals surface area contributed by atoms with Gasteiger partial charge in [0.1, 0.15) is 4.83 Å². The number of carbonyl (C=O) groups excluding carboxylic acids is 1. The van der Waals surface area contributed by atoms with Crippen molar-refractivity contribution < 1.29 is 4.79 Å². The van der Waals surface area contributed by atoms with Crippen molar-refractivity contribution in [2.75, 3.05) is 7.05 Å². The number of amides is 1. The van der Waals surface area contributed by atoms with Crippen LogP contribution in [0.1, 0.15) is 31.6 Å². The van der Waals surface area contributed by atoms with Gasteiger partial charge in [-0.25, -0.2) is 4.98 Å². The van der Waals surface area contributed by atoms with Crippen LogP contribution in [-0.2, 0) is 13.6 Å². The summed E-state index contributed by atoms with van der Waals surface area (Å²) in [6.07, 6.45) is 2.09. The number of thiazole rings is 1. The van der Waals surface area contributed by atoms with E-state index in [0.29, 0.717) is 6.54 Å². The Hall–Kier alpha value is -2.19. The second-order valence-electron chi connectivity index (χ2n) is 6.34. The molecule has 4 aromatic heterocycles. The summed E-state index contributed by atoms with van der Waals surface area (Å²) in [7, 11) is 3.75. The Morgan fingerprint density at radius 1 is 1.24 bits per heavy atom. The molecular weight excluding hydrogens is 354 g/mol. The summed E-state index contributed by atoms with van der Waals surface area (Å²) >= 11 is 3.16. The molecule has 4 heterocycles. The lowest BCUT2D eigenvalue weighted by atomic mass is 10.3. The van der Waals surface area contributed by atoms with Crippen LogP contribution in [0.15, 0.2) is 12.3 Å². The molecule has 0 radical (unpaired) electrons. The van der Waals surface area contributed by atoms with Crippen LogP contribution in [0.2, 0.25) is 0 Å². The smallest absolute Gasteiger partial charge is 0.264 e. The lowest BCUT2D eigenvalue weighted by Crippen LogP contribution is -2.26. The molecule has 0 aliphatic rings. The van der Waals surface area contributed by atoms with Crippen LogP contribution in [-0.4, -0.2) is 37.0 Å². The SMILES string of the molecule is Cc1cn2c(CN(C)C(=O)c3cc4c(C)nn(C)c4s3)c(C)nc2s1. The first-order chi connectivity index (χ1) is 11.8. The third kappa shape index (κ3) is 2.56. The molecule has 0 fully saturated rings. The second kappa shape index (κ2) is 5.67. The predicted octanol–water partition coefficient (Wildman–Crippen LogP) is 3.54. The molecule has 0 aromatic carbocycles. The van der Waals surface area contributed by atoms with Crippen molar-refractivity contribution in [3.8, 4) is 0 Å². The van der Waals surface area contributed by atoms with E-state index in [1.165, 1.54) is 16.2 Å². The summed E-state index contributed by atoms with van der Waals surface area (Å²) in [5, 5.41) is 5.45. The summed E-state index contributed by atoms with van der Waals surface area (Å²) < 4.78 is 3.93. The van der Waals surface area contributed by atoms with Gasteiger partial charge in [0, 0.05) is 30.6 Å². The fourth-order valence-corrected chi connectivity index (χ4v) is 5.10. The maximum absolute atomic E-state index is 12.9. The number of fused-ring (bicyclic) bond motifs is 2. The number of thiophene rings is 1. The molecule has 4 aromatic rings. The van der Waals surface area contributed by atoms with E-state index in [4.69, 9.17) is 0 Å². The largest absolute Gasteiger partial charge is 0.335 e. The minimum absolute atomic E-state index is 0.0295. The van der Waals surface area contributed by atoms with Crippen LogP contribution < -0.4 is 0 Å². The summed E-state index contributed by atoms with van der Waals surface area (Å²) in [5.41, 5.74) is 2.99. The molecular formula is C17H19N5OS2. The van der Waals surface area contributed by atoms with E-state index >= 15 is 0 Å². The first-order valence-electron chi connectivity index (χ1n) is 7.97. The van der Waals surface area contributed by atoms with E-state index < -0.39 is 0 Å². The lowest BCUT2D eigenvalue weighted by molar-refractivity contribution is 0.0788. The Balaban J connectivity index is 1.64. The van der Waals surface area contributed by atoms with Gasteiger partial charge in [-0.05, 0) is 26.8 Å². The second-order valence-corrected chi connectivity index (χ2v) is 8.58. The van der Waals surface area contributed by atoms with Crippen molar-refractivity contribution in [3.63, 3.8) is 0 Å². The molecule has 0 bridgehead atoms. The Labute approximate surface area is 153 Å². The number of aryl methyl sites for hydroxylation is 4. The maximum Gasteiger partial charge on any atom is 0.264 e. The third-order valence-corrected chi connectivity index (χ3v) is 6.47. The average molecular weight is 374 g/mol. The van der Waals surface area contributed by atoms with Crippen LogP contribution in [0.4, 0.5) is 0 Å². The molecule has 0 spiro atoms. The van der Waals surface area contributed by atoms with Gasteiger partial charge in [0.15, 0.2) is 4.96 Å². The van der Waals surface area contributed by atoms with Crippen molar-refractivity contribution in [2.45, 2.75) is 27.3 Å². The zero-order valence-corrected chi connectivity index (χ0v) is 16.5. The summed E-state index contributed by atoms with van der Waals surface area (Å²) in [4.78, 5) is 23.2. The third-order valence-electron chi connectivity index (χ3n) is 4.38. The Morgan fingerprint density at radius 3 is 2.72 bits per heavy atom. The maximum atomic E-state index is 12.9. The van der Waals surface area contributed by atoms with Gasteiger partial charge >= 0.3 is 0 Å². The number of hydrogen-bond donors (Lipinski definition) is 0. The quantitative estimate of drug-likeness (QED) is 0.552. The van der Waals surface area contributed by atoms with Gasteiger partial charge in [0.25, 0.3) is 5.91 Å². The van der Waals surface area contributed by atoms with Gasteiger partial charge in [0.2, 0.25) is 0 Å². The summed E-state index contributed by atoms with van der Waals surface area (Å²) in [6.45, 7) is 6.57. The molecule has 0 unspecified atom stereocenters. The molecule has 25 heavy (non-hydrogen) atoms. The molecule has 0 saturated carbocycles. The van der Waals surface area contributed by atoms with Crippen molar-refractivity contribution >= 4 is 43.8 Å². The van der Waals surface area contributed by atoms with Crippen molar-refractivity contribution in [1.82, 2.24) is 24.1 Å². The standard InChI is InChI=1S/C17H19N5OS2/c1-9-7-22-13(11(3)18-17(22)24-9)8-20(4)15(23)14-6-12-10(2)19-21(5)16(12)25-14/h6-7H,8H2,1-5H3. The highest BCUT2D eigenvalue weighted by Crippen LogP contribution is 2.29. The van der Waals surface area contributed by atoms with E-state index in [9.17, 15) is 4.79 Å². The molecule has 0 aliphatic carbocycles. The van der Waals surface area contributed by atoms with Gasteiger partial charge in [-0.3, -0.25) is 13.9 Å². The Bertz CT molecular complexity index is 1080. The summed E-state index contributed by atoms with van der Waals surface area (Å²) in [6, 6.07) is 1.95. The van der Waals surface area contributed by atoms with E-state index in [1.54, 1.807) is 16.2 Å². The van der Waals surface area contributed by atoms with Gasteiger partial charge in [-0.15, -0.1) is 22.7 Å². The monoisotopic (exact) mass is 373 g/mol. The fourth-order valence-electron chi connectivity index (χ4n) is 3.09. The average Bonchev–Trinajstić information content (AvgIpc) is 3.25. The molecule has 8 heteroatoms. The fraction of sp³-hybridized carbons (Fsp3) is 0.353. The van der Waals surface area contributed by atoms with Gasteiger partial charge in [-0.2, -0.15) is 5.10 Å². The zero-order valence-electron chi connectivity index (χ0n) is 14.8. The van der Waals surface area contributed by atoms with E-state index in [0.717, 1.165) is 37.1 Å². The van der Waals surface area contributed by atoms with Gasteiger partial charge in [-0.1, -0.05) is 0 Å². The number of carbonyl (C=O) groups is 1. The Morgan fingerprint density at radius 2 is 2.00 bits per heavy atom. The molecule has 0 N–H and O–H groups in total. The minimum Gasteiger partial charge on any atom is -0.335 e. The molecule has 0 saturated heterocycles.